The van der Waals surface area contributed by atoms with E-state index in [9.17, 15) is 9.70 Å². The fraction of sp³-hybridized carbons (Fsp3) is 0.500. The summed E-state index contributed by atoms with van der Waals surface area (Å²) in [7, 11) is 3.36. The van der Waals surface area contributed by atoms with Crippen molar-refractivity contribution in [1.29, 1.82) is 0 Å². The van der Waals surface area contributed by atoms with Crippen molar-refractivity contribution in [2.45, 2.75) is 6.42 Å². The smallest absolute Gasteiger partial charge is 0.321 e. The van der Waals surface area contributed by atoms with E-state index in [1.165, 1.54) is 7.11 Å². The third kappa shape index (κ3) is 4.16. The van der Waals surface area contributed by atoms with Gasteiger partial charge in [0.2, 0.25) is 0 Å². The average Bonchev–Trinajstić information content (AvgIpc) is 2.72. The number of hydrogen-bond acceptors (Lipinski definition) is 4. The average molecular weight is 293 g/mol. The first-order valence-corrected chi connectivity index (χ1v) is 6.96. The first-order chi connectivity index (χ1) is 10.1. The molecule has 1 aliphatic heterocycles. The number of amides is 2. The van der Waals surface area contributed by atoms with Crippen LogP contribution in [0.15, 0.2) is 24.3 Å². The molecule has 0 aromatic heterocycles. The van der Waals surface area contributed by atoms with Crippen molar-refractivity contribution >= 4 is 17.4 Å². The second kappa shape index (κ2) is 7.03. The van der Waals surface area contributed by atoms with Gasteiger partial charge in [-0.2, -0.15) is 0 Å². The van der Waals surface area contributed by atoms with Gasteiger partial charge in [-0.1, -0.05) is 0 Å². The molecule has 1 N–H and O–H groups in total. The molecule has 1 aliphatic rings. The van der Waals surface area contributed by atoms with Gasteiger partial charge in [0.25, 0.3) is 4.92 Å². The van der Waals surface area contributed by atoms with E-state index in [-0.39, 0.29) is 6.03 Å². The number of likely N-dealkylation sites (N-methyl/N-ethyl adjacent to an activating group) is 1. The number of urea groups is 1. The van der Waals surface area contributed by atoms with Crippen LogP contribution in [0.4, 0.5) is 16.2 Å². The Labute approximate surface area is 124 Å². The fourth-order valence-corrected chi connectivity index (χ4v) is 2.22. The number of carbonyl (C=O) groups is 1. The molecule has 1 saturated heterocycles. The highest BCUT2D eigenvalue weighted by atomic mass is 16.8. The van der Waals surface area contributed by atoms with Crippen LogP contribution in [0.3, 0.4) is 0 Å². The Balaban J connectivity index is 1.94. The van der Waals surface area contributed by atoms with Gasteiger partial charge in [-0.05, 0) is 32.1 Å². The zero-order valence-corrected chi connectivity index (χ0v) is 12.4. The van der Waals surface area contributed by atoms with Crippen LogP contribution >= 0.6 is 0 Å². The van der Waals surface area contributed by atoms with E-state index >= 15 is 0 Å². The van der Waals surface area contributed by atoms with Crippen molar-refractivity contribution in [3.63, 3.8) is 0 Å². The maximum absolute atomic E-state index is 12.2. The molecule has 7 nitrogen and oxygen atoms in total. The molecule has 21 heavy (non-hydrogen) atoms. The Morgan fingerprint density at radius 3 is 2.57 bits per heavy atom. The van der Waals surface area contributed by atoms with E-state index in [0.717, 1.165) is 32.6 Å². The van der Waals surface area contributed by atoms with Crippen LogP contribution in [0.1, 0.15) is 6.42 Å². The predicted molar refractivity (Wildman–Crippen MR) is 79.4 cm³/mol. The summed E-state index contributed by atoms with van der Waals surface area (Å²) in [5.41, 5.74) is 1.04. The maximum Gasteiger partial charge on any atom is 0.321 e. The summed E-state index contributed by atoms with van der Waals surface area (Å²) in [5.74, 6) is 0. The Hall–Kier alpha value is -2.15. The molecule has 1 fully saturated rings. The van der Waals surface area contributed by atoms with Gasteiger partial charge in [0.1, 0.15) is 0 Å². The number of hydrogen-bond donors (Lipinski definition) is 1. The number of carbonyl (C=O) groups excluding carboxylic acids is 1. The second-order valence-electron chi connectivity index (χ2n) is 5.06. The summed E-state index contributed by atoms with van der Waals surface area (Å²) in [6, 6.07) is 6.45. The quantitative estimate of drug-likeness (QED) is 0.864. The van der Waals surface area contributed by atoms with Crippen LogP contribution < -0.4 is 5.32 Å². The molecule has 0 saturated carbocycles. The van der Waals surface area contributed by atoms with Gasteiger partial charge in [-0.25, -0.2) is 9.63 Å². The SMILES string of the molecule is CO[N+](=O)c1ccc(NC(=O)N2CCCN(C)CC2)cc1. The molecule has 1 aromatic carbocycles. The summed E-state index contributed by atoms with van der Waals surface area (Å²) in [6.45, 7) is 3.37. The lowest BCUT2D eigenvalue weighted by Gasteiger charge is -2.20. The molecule has 2 rings (SSSR count). The molecule has 0 radical (unpaired) electrons. The van der Waals surface area contributed by atoms with Crippen LogP contribution in [0.25, 0.3) is 0 Å². The summed E-state index contributed by atoms with van der Waals surface area (Å²) < 4.78 is 0. The van der Waals surface area contributed by atoms with E-state index in [2.05, 4.69) is 22.1 Å². The molecule has 2 amide bonds. The number of nitrogens with zero attached hydrogens (tertiary/aromatic N) is 3. The molecule has 0 spiro atoms. The standard InChI is InChI=1S/C14H20N4O3/c1-16-8-3-9-17(11-10-16)14(19)15-12-4-6-13(7-5-12)18(20)21-2/h4-7H,3,8-11H2,1-2H3/p+1. The minimum Gasteiger partial charge on any atom is -0.323 e. The highest BCUT2D eigenvalue weighted by molar-refractivity contribution is 5.89. The largest absolute Gasteiger partial charge is 0.323 e. The third-order valence-corrected chi connectivity index (χ3v) is 3.50. The van der Waals surface area contributed by atoms with Crippen LogP contribution in [-0.2, 0) is 4.84 Å². The van der Waals surface area contributed by atoms with E-state index in [0.29, 0.717) is 16.3 Å². The van der Waals surface area contributed by atoms with Crippen molar-refractivity contribution in [3.8, 4) is 0 Å². The van der Waals surface area contributed by atoms with Gasteiger partial charge in [0.15, 0.2) is 7.11 Å². The Kier molecular flexibility index (Phi) is 5.10. The Morgan fingerprint density at radius 1 is 1.19 bits per heavy atom. The molecular formula is C14H21N4O3+. The van der Waals surface area contributed by atoms with Crippen molar-refractivity contribution in [2.75, 3.05) is 45.7 Å². The second-order valence-corrected chi connectivity index (χ2v) is 5.06. The highest BCUT2D eigenvalue weighted by Gasteiger charge is 2.18. The minimum absolute atomic E-state index is 0.108. The number of nitrogens with one attached hydrogen (secondary N) is 1. The van der Waals surface area contributed by atoms with Crippen molar-refractivity contribution < 1.29 is 14.6 Å². The summed E-state index contributed by atoms with van der Waals surface area (Å²) in [4.78, 5) is 32.5. The van der Waals surface area contributed by atoms with Gasteiger partial charge in [0, 0.05) is 37.5 Å². The summed E-state index contributed by atoms with van der Waals surface area (Å²) >= 11 is 0. The van der Waals surface area contributed by atoms with Crippen LogP contribution in [-0.4, -0.2) is 61.1 Å². The first kappa shape index (κ1) is 15.2. The Bertz CT molecular complexity index is 503. The predicted octanol–water partition coefficient (Wildman–Crippen LogP) is 1.83. The highest BCUT2D eigenvalue weighted by Crippen LogP contribution is 2.16. The lowest BCUT2D eigenvalue weighted by molar-refractivity contribution is -0.736. The van der Waals surface area contributed by atoms with Gasteiger partial charge < -0.3 is 15.1 Å². The third-order valence-electron chi connectivity index (χ3n) is 3.50. The van der Waals surface area contributed by atoms with Crippen molar-refractivity contribution in [2.24, 2.45) is 0 Å². The lowest BCUT2D eigenvalue weighted by Crippen LogP contribution is -2.37. The van der Waals surface area contributed by atoms with Crippen LogP contribution in [0.2, 0.25) is 0 Å². The van der Waals surface area contributed by atoms with Crippen molar-refractivity contribution in [3.05, 3.63) is 29.2 Å². The number of benzene rings is 1. The van der Waals surface area contributed by atoms with Crippen molar-refractivity contribution in [1.82, 2.24) is 9.80 Å². The van der Waals surface area contributed by atoms with Gasteiger partial charge >= 0.3 is 11.7 Å². The minimum atomic E-state index is -0.108. The molecular weight excluding hydrogens is 272 g/mol. The van der Waals surface area contributed by atoms with E-state index in [1.54, 1.807) is 24.3 Å². The molecule has 0 aliphatic carbocycles. The van der Waals surface area contributed by atoms with E-state index < -0.39 is 0 Å². The zero-order valence-electron chi connectivity index (χ0n) is 12.4. The van der Waals surface area contributed by atoms with Crippen LogP contribution in [0, 0.1) is 4.91 Å². The normalized spacial score (nSPS) is 16.2. The maximum atomic E-state index is 12.2. The number of anilines is 1. The molecule has 0 atom stereocenters. The molecule has 1 heterocycles. The summed E-state index contributed by atoms with van der Waals surface area (Å²) in [5, 5.41) is 2.85. The summed E-state index contributed by atoms with van der Waals surface area (Å²) in [6.07, 6.45) is 0.974. The Morgan fingerprint density at radius 2 is 1.90 bits per heavy atom. The van der Waals surface area contributed by atoms with Crippen LogP contribution in [0.5, 0.6) is 0 Å². The van der Waals surface area contributed by atoms with E-state index in [4.69, 9.17) is 0 Å². The monoisotopic (exact) mass is 293 g/mol. The zero-order chi connectivity index (χ0) is 15.2. The molecule has 114 valence electrons. The molecule has 1 aromatic rings. The van der Waals surface area contributed by atoms with Gasteiger partial charge in [-0.3, -0.25) is 0 Å². The molecule has 0 unspecified atom stereocenters. The molecule has 0 bridgehead atoms. The lowest BCUT2D eigenvalue weighted by atomic mass is 10.3. The topological polar surface area (TPSA) is 64.9 Å². The first-order valence-electron chi connectivity index (χ1n) is 6.96. The molecule has 7 heteroatoms. The van der Waals surface area contributed by atoms with Gasteiger partial charge in [-0.15, -0.1) is 0 Å². The fourth-order valence-electron chi connectivity index (χ4n) is 2.22. The number of rotatable bonds is 3. The van der Waals surface area contributed by atoms with E-state index in [1.807, 2.05) is 4.90 Å². The van der Waals surface area contributed by atoms with Gasteiger partial charge in [0.05, 0.1) is 4.91 Å².